The van der Waals surface area contributed by atoms with Gasteiger partial charge >= 0.3 is 0 Å². The van der Waals surface area contributed by atoms with E-state index in [2.05, 4.69) is 11.1 Å². The zero-order valence-electron chi connectivity index (χ0n) is 13.5. The lowest BCUT2D eigenvalue weighted by Gasteiger charge is -2.13. The minimum atomic E-state index is 0.322. The maximum Gasteiger partial charge on any atom is 0.232 e. The van der Waals surface area contributed by atoms with Crippen LogP contribution in [0, 0.1) is 11.3 Å². The van der Waals surface area contributed by atoms with E-state index >= 15 is 0 Å². The third kappa shape index (κ3) is 3.76. The highest BCUT2D eigenvalue weighted by atomic mass is 35.5. The number of halogens is 2. The molecule has 0 aliphatic heterocycles. The Kier molecular flexibility index (Phi) is 5.23. The van der Waals surface area contributed by atoms with E-state index in [4.69, 9.17) is 27.9 Å². The summed E-state index contributed by atoms with van der Waals surface area (Å²) in [4.78, 5) is 4.52. The minimum Gasteiger partial charge on any atom is -0.477 e. The van der Waals surface area contributed by atoms with Crippen molar-refractivity contribution < 1.29 is 4.74 Å². The Morgan fingerprint density at radius 1 is 0.960 bits per heavy atom. The Balaban J connectivity index is 2.22. The van der Waals surface area contributed by atoms with Crippen LogP contribution in [0.15, 0.2) is 54.6 Å². The Morgan fingerprint density at radius 2 is 1.52 bits per heavy atom. The molecule has 0 bridgehead atoms. The molecule has 0 saturated carbocycles. The highest BCUT2D eigenvalue weighted by Crippen LogP contribution is 2.34. The van der Waals surface area contributed by atoms with Crippen molar-refractivity contribution in [2.24, 2.45) is 0 Å². The summed E-state index contributed by atoms with van der Waals surface area (Å²) in [6.07, 6.45) is 0. The van der Waals surface area contributed by atoms with Crippen molar-refractivity contribution in [3.05, 3.63) is 70.2 Å². The highest BCUT2D eigenvalue weighted by Gasteiger charge is 2.16. The van der Waals surface area contributed by atoms with Gasteiger partial charge in [-0.1, -0.05) is 47.5 Å². The third-order valence-corrected chi connectivity index (χ3v) is 4.18. The van der Waals surface area contributed by atoms with Crippen molar-refractivity contribution in [1.82, 2.24) is 4.98 Å². The fourth-order valence-electron chi connectivity index (χ4n) is 2.50. The first kappa shape index (κ1) is 17.3. The van der Waals surface area contributed by atoms with Crippen LogP contribution in [0.3, 0.4) is 0 Å². The lowest BCUT2D eigenvalue weighted by molar-refractivity contribution is 0.326. The van der Waals surface area contributed by atoms with Crippen molar-refractivity contribution in [2.45, 2.75) is 6.92 Å². The molecule has 124 valence electrons. The second-order valence-corrected chi connectivity index (χ2v) is 6.17. The molecule has 0 fully saturated rings. The fraction of sp³-hybridized carbons (Fsp3) is 0.100. The maximum absolute atomic E-state index is 9.63. The van der Waals surface area contributed by atoms with Crippen LogP contribution in [-0.4, -0.2) is 11.6 Å². The zero-order valence-corrected chi connectivity index (χ0v) is 15.0. The van der Waals surface area contributed by atoms with Gasteiger partial charge < -0.3 is 4.74 Å². The number of benzene rings is 2. The van der Waals surface area contributed by atoms with E-state index in [1.165, 1.54) is 0 Å². The lowest BCUT2D eigenvalue weighted by Crippen LogP contribution is -2.01. The molecule has 25 heavy (non-hydrogen) atoms. The van der Waals surface area contributed by atoms with Crippen molar-refractivity contribution in [3.8, 4) is 34.3 Å². The number of ether oxygens (including phenoxy) is 1. The van der Waals surface area contributed by atoms with E-state index in [0.29, 0.717) is 33.8 Å². The Labute approximate surface area is 156 Å². The van der Waals surface area contributed by atoms with E-state index < -0.39 is 0 Å². The first-order chi connectivity index (χ1) is 12.1. The minimum absolute atomic E-state index is 0.322. The number of nitriles is 1. The van der Waals surface area contributed by atoms with Crippen LogP contribution >= 0.6 is 23.2 Å². The number of hydrogen-bond acceptors (Lipinski definition) is 3. The van der Waals surface area contributed by atoms with Crippen LogP contribution in [0.2, 0.25) is 10.0 Å². The fourth-order valence-corrected chi connectivity index (χ4v) is 2.75. The Hall–Kier alpha value is -2.54. The molecule has 0 amide bonds. The molecular formula is C20H14Cl2N2O. The summed E-state index contributed by atoms with van der Waals surface area (Å²) in [7, 11) is 0. The molecule has 0 saturated heterocycles. The zero-order chi connectivity index (χ0) is 17.8. The average Bonchev–Trinajstić information content (AvgIpc) is 2.62. The van der Waals surface area contributed by atoms with Crippen LogP contribution in [0.4, 0.5) is 0 Å². The second kappa shape index (κ2) is 7.57. The molecular weight excluding hydrogens is 355 g/mol. The number of aromatic nitrogens is 1. The summed E-state index contributed by atoms with van der Waals surface area (Å²) in [5.74, 6) is 0.322. The lowest BCUT2D eigenvalue weighted by atomic mass is 9.99. The van der Waals surface area contributed by atoms with E-state index in [0.717, 1.165) is 16.7 Å². The second-order valence-electron chi connectivity index (χ2n) is 5.29. The maximum atomic E-state index is 9.63. The quantitative estimate of drug-likeness (QED) is 0.567. The number of rotatable bonds is 4. The average molecular weight is 369 g/mol. The standard InChI is InChI=1S/C20H14Cl2N2O/c1-2-25-20-18(12-23)17(13-3-7-15(21)8-4-13)11-19(24-20)14-5-9-16(22)10-6-14/h3-11H,2H2,1H3. The molecule has 0 N–H and O–H groups in total. The Morgan fingerprint density at radius 3 is 2.04 bits per heavy atom. The van der Waals surface area contributed by atoms with Gasteiger partial charge in [-0.2, -0.15) is 5.26 Å². The molecule has 3 rings (SSSR count). The van der Waals surface area contributed by atoms with E-state index in [1.807, 2.05) is 37.3 Å². The van der Waals surface area contributed by atoms with Gasteiger partial charge in [-0.15, -0.1) is 0 Å². The van der Waals surface area contributed by atoms with Gasteiger partial charge in [0.1, 0.15) is 11.6 Å². The summed E-state index contributed by atoms with van der Waals surface area (Å²) in [6.45, 7) is 2.28. The van der Waals surface area contributed by atoms with Gasteiger partial charge in [0.15, 0.2) is 0 Å². The van der Waals surface area contributed by atoms with Crippen LogP contribution in [0.1, 0.15) is 12.5 Å². The molecule has 2 aromatic carbocycles. The first-order valence-electron chi connectivity index (χ1n) is 7.72. The van der Waals surface area contributed by atoms with E-state index in [1.54, 1.807) is 24.3 Å². The smallest absolute Gasteiger partial charge is 0.232 e. The Bertz CT molecular complexity index is 930. The molecule has 0 aliphatic carbocycles. The van der Waals surface area contributed by atoms with Crippen LogP contribution in [0.25, 0.3) is 22.4 Å². The molecule has 3 aromatic rings. The van der Waals surface area contributed by atoms with Gasteiger partial charge in [-0.05, 0) is 42.8 Å². The van der Waals surface area contributed by atoms with Gasteiger partial charge in [0.2, 0.25) is 5.88 Å². The van der Waals surface area contributed by atoms with Crippen molar-refractivity contribution in [1.29, 1.82) is 5.26 Å². The SMILES string of the molecule is CCOc1nc(-c2ccc(Cl)cc2)cc(-c2ccc(Cl)cc2)c1C#N. The summed E-state index contributed by atoms with van der Waals surface area (Å²) in [5, 5.41) is 10.9. The molecule has 0 aliphatic rings. The molecule has 0 unspecified atom stereocenters. The van der Waals surface area contributed by atoms with E-state index in [-0.39, 0.29) is 0 Å². The highest BCUT2D eigenvalue weighted by molar-refractivity contribution is 6.30. The van der Waals surface area contributed by atoms with E-state index in [9.17, 15) is 5.26 Å². The topological polar surface area (TPSA) is 45.9 Å². The predicted octanol–water partition coefficient (Wildman–Crippen LogP) is 5.99. The summed E-state index contributed by atoms with van der Waals surface area (Å²) < 4.78 is 5.61. The van der Waals surface area contributed by atoms with Crippen LogP contribution in [-0.2, 0) is 0 Å². The summed E-state index contributed by atoms with van der Waals surface area (Å²) >= 11 is 12.0. The van der Waals surface area contributed by atoms with Crippen molar-refractivity contribution in [3.63, 3.8) is 0 Å². The largest absolute Gasteiger partial charge is 0.477 e. The number of nitrogens with zero attached hydrogens (tertiary/aromatic N) is 2. The third-order valence-electron chi connectivity index (χ3n) is 3.67. The van der Waals surface area contributed by atoms with Gasteiger partial charge in [0.25, 0.3) is 0 Å². The van der Waals surface area contributed by atoms with Crippen molar-refractivity contribution in [2.75, 3.05) is 6.61 Å². The van der Waals surface area contributed by atoms with Gasteiger partial charge in [0.05, 0.1) is 12.3 Å². The number of hydrogen-bond donors (Lipinski definition) is 0. The summed E-state index contributed by atoms with van der Waals surface area (Å²) in [5.41, 5.74) is 3.64. The molecule has 5 heteroatoms. The van der Waals surface area contributed by atoms with Crippen LogP contribution in [0.5, 0.6) is 5.88 Å². The van der Waals surface area contributed by atoms with Gasteiger partial charge in [-0.3, -0.25) is 0 Å². The summed E-state index contributed by atoms with van der Waals surface area (Å²) in [6, 6.07) is 18.8. The monoisotopic (exact) mass is 368 g/mol. The van der Waals surface area contributed by atoms with Gasteiger partial charge in [0, 0.05) is 21.2 Å². The van der Waals surface area contributed by atoms with Gasteiger partial charge in [-0.25, -0.2) is 4.98 Å². The normalized spacial score (nSPS) is 10.3. The number of pyridine rings is 1. The molecule has 1 heterocycles. The molecule has 0 radical (unpaired) electrons. The predicted molar refractivity (Wildman–Crippen MR) is 101 cm³/mol. The molecule has 0 atom stereocenters. The molecule has 0 spiro atoms. The molecule has 3 nitrogen and oxygen atoms in total. The van der Waals surface area contributed by atoms with Crippen LogP contribution < -0.4 is 4.74 Å². The van der Waals surface area contributed by atoms with Crippen molar-refractivity contribution >= 4 is 23.2 Å². The molecule has 1 aromatic heterocycles. The first-order valence-corrected chi connectivity index (χ1v) is 8.47.